The van der Waals surface area contributed by atoms with Crippen molar-refractivity contribution >= 4 is 63.1 Å². The van der Waals surface area contributed by atoms with Gasteiger partial charge in [-0.1, -0.05) is 11.6 Å². The summed E-state index contributed by atoms with van der Waals surface area (Å²) in [5, 5.41) is 11.1. The van der Waals surface area contributed by atoms with Crippen molar-refractivity contribution in [3.63, 3.8) is 0 Å². The summed E-state index contributed by atoms with van der Waals surface area (Å²) in [5.41, 5.74) is 3.57. The van der Waals surface area contributed by atoms with Crippen molar-refractivity contribution in [1.82, 2.24) is 29.3 Å². The molecule has 4 N–H and O–H groups in total. The van der Waals surface area contributed by atoms with Gasteiger partial charge in [-0.15, -0.1) is 11.3 Å². The van der Waals surface area contributed by atoms with Gasteiger partial charge in [-0.25, -0.2) is 4.98 Å². The molecule has 5 heterocycles. The number of rotatable bonds is 9. The van der Waals surface area contributed by atoms with Crippen LogP contribution < -0.4 is 16.0 Å². The summed E-state index contributed by atoms with van der Waals surface area (Å²) in [6, 6.07) is 10.2. The van der Waals surface area contributed by atoms with E-state index in [1.807, 2.05) is 11.4 Å². The number of aromatic amines is 1. The number of carbonyl (C=O) groups excluding carboxylic acids is 3. The van der Waals surface area contributed by atoms with Crippen LogP contribution >= 0.6 is 22.9 Å². The van der Waals surface area contributed by atoms with Crippen molar-refractivity contribution in [2.75, 3.05) is 50.0 Å². The van der Waals surface area contributed by atoms with E-state index in [4.69, 9.17) is 16.3 Å². The number of amides is 3. The third-order valence-electron chi connectivity index (χ3n) is 7.38. The van der Waals surface area contributed by atoms with Crippen LogP contribution in [0.4, 0.5) is 11.4 Å². The molecule has 6 rings (SSSR count). The molecule has 5 aromatic rings. The first-order valence-electron chi connectivity index (χ1n) is 14.0. The lowest BCUT2D eigenvalue weighted by Crippen LogP contribution is -2.41. The van der Waals surface area contributed by atoms with Crippen LogP contribution in [0.5, 0.6) is 0 Å². The number of nitrogens with zero attached hydrogens (tertiary/aromatic N) is 4. The van der Waals surface area contributed by atoms with E-state index in [0.29, 0.717) is 70.0 Å². The van der Waals surface area contributed by atoms with Crippen molar-refractivity contribution < 1.29 is 19.1 Å². The average Bonchev–Trinajstić information content (AvgIpc) is 3.79. The number of H-pyrrole nitrogens is 1. The molecule has 0 bridgehead atoms. The zero-order chi connectivity index (χ0) is 30.8. The van der Waals surface area contributed by atoms with Gasteiger partial charge < -0.3 is 34.8 Å². The zero-order valence-corrected chi connectivity index (χ0v) is 25.7. The maximum absolute atomic E-state index is 13.1. The SMILES string of the molecule is Cn1cc(NC(=O)c2cc(NC(=O)c3ccc4nc(-c5sccc5Cl)[nH]c4c3)cn2C)cc1C(=O)NCCN1CCOCC1. The Morgan fingerprint density at radius 1 is 0.955 bits per heavy atom. The number of thiophene rings is 1. The molecule has 1 saturated heterocycles. The van der Waals surface area contributed by atoms with E-state index in [1.165, 1.54) is 11.3 Å². The Bertz CT molecular complexity index is 1850. The van der Waals surface area contributed by atoms with Crippen LogP contribution in [0.25, 0.3) is 21.7 Å². The fourth-order valence-electron chi connectivity index (χ4n) is 5.08. The Morgan fingerprint density at radius 2 is 1.64 bits per heavy atom. The highest BCUT2D eigenvalue weighted by Crippen LogP contribution is 2.32. The van der Waals surface area contributed by atoms with Gasteiger partial charge in [-0.3, -0.25) is 19.3 Å². The Kier molecular flexibility index (Phi) is 8.53. The lowest BCUT2D eigenvalue weighted by Gasteiger charge is -2.26. The Morgan fingerprint density at radius 3 is 2.32 bits per heavy atom. The maximum atomic E-state index is 13.1. The average molecular weight is 635 g/mol. The van der Waals surface area contributed by atoms with Crippen LogP contribution in [0.1, 0.15) is 31.3 Å². The molecule has 3 amide bonds. The molecule has 0 radical (unpaired) electrons. The van der Waals surface area contributed by atoms with E-state index in [-0.39, 0.29) is 17.7 Å². The second-order valence-electron chi connectivity index (χ2n) is 10.5. The third-order valence-corrected chi connectivity index (χ3v) is 8.73. The Balaban J connectivity index is 1.07. The Labute approximate surface area is 262 Å². The van der Waals surface area contributed by atoms with Crippen molar-refractivity contribution in [2.24, 2.45) is 14.1 Å². The first-order valence-corrected chi connectivity index (χ1v) is 15.3. The molecule has 0 atom stereocenters. The highest BCUT2D eigenvalue weighted by Gasteiger charge is 2.19. The van der Waals surface area contributed by atoms with Crippen LogP contribution in [-0.2, 0) is 18.8 Å². The number of hydrogen-bond acceptors (Lipinski definition) is 7. The van der Waals surface area contributed by atoms with E-state index >= 15 is 0 Å². The lowest BCUT2D eigenvalue weighted by molar-refractivity contribution is 0.0383. The number of morpholine rings is 1. The molecule has 44 heavy (non-hydrogen) atoms. The summed E-state index contributed by atoms with van der Waals surface area (Å²) in [4.78, 5) is 49.8. The molecule has 4 aromatic heterocycles. The first-order chi connectivity index (χ1) is 21.2. The van der Waals surface area contributed by atoms with Gasteiger partial charge in [0, 0.05) is 58.2 Å². The molecule has 1 aromatic carbocycles. The van der Waals surface area contributed by atoms with Gasteiger partial charge in [0.25, 0.3) is 17.7 Å². The minimum atomic E-state index is -0.378. The molecule has 14 heteroatoms. The number of imidazole rings is 1. The van der Waals surface area contributed by atoms with Gasteiger partial charge >= 0.3 is 0 Å². The molecular formula is C30H31ClN8O4S. The van der Waals surface area contributed by atoms with Gasteiger partial charge in [0.15, 0.2) is 0 Å². The van der Waals surface area contributed by atoms with Gasteiger partial charge in [-0.2, -0.15) is 0 Å². The van der Waals surface area contributed by atoms with Crippen molar-refractivity contribution in [2.45, 2.75) is 0 Å². The molecule has 0 spiro atoms. The number of aromatic nitrogens is 4. The molecule has 1 aliphatic rings. The maximum Gasteiger partial charge on any atom is 0.272 e. The lowest BCUT2D eigenvalue weighted by atomic mass is 10.2. The summed E-state index contributed by atoms with van der Waals surface area (Å²) in [5.74, 6) is -0.283. The van der Waals surface area contributed by atoms with Crippen LogP contribution in [0, 0.1) is 0 Å². The van der Waals surface area contributed by atoms with Crippen molar-refractivity contribution in [3.8, 4) is 10.7 Å². The third kappa shape index (κ3) is 6.40. The van der Waals surface area contributed by atoms with Crippen LogP contribution in [0.3, 0.4) is 0 Å². The second-order valence-corrected chi connectivity index (χ2v) is 11.8. The van der Waals surface area contributed by atoms with Gasteiger partial charge in [0.05, 0.1) is 45.5 Å². The number of ether oxygens (including phenoxy) is 1. The molecule has 1 aliphatic heterocycles. The normalized spacial score (nSPS) is 13.7. The summed E-state index contributed by atoms with van der Waals surface area (Å²) >= 11 is 7.73. The molecule has 1 fully saturated rings. The minimum absolute atomic E-state index is 0.218. The standard InChI is InChI=1S/C30H31ClN8O4S/c1-37-17-20(14-24(37)29(41)32-6-7-39-8-10-43-11-9-39)34-30(42)25-15-19(16-38(25)2)33-28(40)18-3-4-22-23(13-18)36-27(35-22)26-21(31)5-12-44-26/h3-5,12-17H,6-11H2,1-2H3,(H,32,41)(H,33,40)(H,34,42)(H,35,36). The molecular weight excluding hydrogens is 604 g/mol. The van der Waals surface area contributed by atoms with Crippen molar-refractivity contribution in [3.05, 3.63) is 76.1 Å². The van der Waals surface area contributed by atoms with Gasteiger partial charge in [0.1, 0.15) is 17.2 Å². The van der Waals surface area contributed by atoms with E-state index in [1.54, 1.807) is 66.0 Å². The van der Waals surface area contributed by atoms with E-state index in [2.05, 4.69) is 30.8 Å². The van der Waals surface area contributed by atoms with Crippen LogP contribution in [-0.4, -0.2) is 81.1 Å². The van der Waals surface area contributed by atoms with Crippen LogP contribution in [0.2, 0.25) is 5.02 Å². The van der Waals surface area contributed by atoms with E-state index in [0.717, 1.165) is 24.5 Å². The first kappa shape index (κ1) is 29.6. The summed E-state index contributed by atoms with van der Waals surface area (Å²) < 4.78 is 8.65. The number of aryl methyl sites for hydroxylation is 2. The zero-order valence-electron chi connectivity index (χ0n) is 24.1. The molecule has 0 aliphatic carbocycles. The molecule has 0 unspecified atom stereocenters. The van der Waals surface area contributed by atoms with Gasteiger partial charge in [0.2, 0.25) is 0 Å². The Hall–Kier alpha value is -4.43. The highest BCUT2D eigenvalue weighted by atomic mass is 35.5. The number of anilines is 2. The smallest absolute Gasteiger partial charge is 0.272 e. The molecule has 0 saturated carbocycles. The number of hydrogen-bond donors (Lipinski definition) is 4. The predicted molar refractivity (Wildman–Crippen MR) is 171 cm³/mol. The van der Waals surface area contributed by atoms with E-state index < -0.39 is 0 Å². The van der Waals surface area contributed by atoms with Gasteiger partial charge in [-0.05, 0) is 41.8 Å². The highest BCUT2D eigenvalue weighted by molar-refractivity contribution is 7.14. The quantitative estimate of drug-likeness (QED) is 0.192. The fraction of sp³-hybridized carbons (Fsp3) is 0.267. The van der Waals surface area contributed by atoms with E-state index in [9.17, 15) is 14.4 Å². The molecule has 12 nitrogen and oxygen atoms in total. The number of carbonyl (C=O) groups is 3. The summed E-state index contributed by atoms with van der Waals surface area (Å²) in [6.07, 6.45) is 3.35. The van der Waals surface area contributed by atoms with Crippen LogP contribution in [0.15, 0.2) is 54.2 Å². The largest absolute Gasteiger partial charge is 0.379 e. The fourth-order valence-corrected chi connectivity index (χ4v) is 6.17. The number of fused-ring (bicyclic) bond motifs is 1. The summed E-state index contributed by atoms with van der Waals surface area (Å²) in [6.45, 7) is 4.40. The number of nitrogens with one attached hydrogen (secondary N) is 4. The number of benzene rings is 1. The molecule has 228 valence electrons. The minimum Gasteiger partial charge on any atom is -0.379 e. The second kappa shape index (κ2) is 12.7. The topological polar surface area (TPSA) is 138 Å². The predicted octanol–water partition coefficient (Wildman–Crippen LogP) is 4.19. The monoisotopic (exact) mass is 634 g/mol. The summed E-state index contributed by atoms with van der Waals surface area (Å²) in [7, 11) is 3.47. The van der Waals surface area contributed by atoms with Crippen molar-refractivity contribution in [1.29, 1.82) is 0 Å². The number of halogens is 1.